The number of anilines is 1. The van der Waals surface area contributed by atoms with Gasteiger partial charge in [-0.1, -0.05) is 0 Å². The summed E-state index contributed by atoms with van der Waals surface area (Å²) in [6, 6.07) is 7.43. The lowest BCUT2D eigenvalue weighted by atomic mass is 10.2. The molecular weight excluding hydrogens is 264 g/mol. The highest BCUT2D eigenvalue weighted by Crippen LogP contribution is 2.19. The van der Waals surface area contributed by atoms with Crippen LogP contribution in [0.5, 0.6) is 5.75 Å². The maximum Gasteiger partial charge on any atom is 0.414 e. The predicted molar refractivity (Wildman–Crippen MR) is 73.1 cm³/mol. The molecule has 1 aromatic carbocycles. The predicted octanol–water partition coefficient (Wildman–Crippen LogP) is 0.300. The number of hydrogen-bond acceptors (Lipinski definition) is 5. The molecule has 1 aliphatic rings. The Hall–Kier alpha value is -2.28. The van der Waals surface area contributed by atoms with Crippen molar-refractivity contribution in [3.05, 3.63) is 24.3 Å². The average molecular weight is 282 g/mol. The van der Waals surface area contributed by atoms with E-state index in [9.17, 15) is 5.11 Å². The Morgan fingerprint density at radius 3 is 1.80 bits per heavy atom. The van der Waals surface area contributed by atoms with Crippen LogP contribution in [0, 0.1) is 0 Å². The number of aromatic hydroxyl groups is 1. The minimum absolute atomic E-state index is 0.336. The third kappa shape index (κ3) is 5.15. The molecule has 2 rings (SSSR count). The van der Waals surface area contributed by atoms with E-state index in [-0.39, 0.29) is 0 Å². The highest BCUT2D eigenvalue weighted by Gasteiger charge is 2.13. The molecule has 3 N–H and O–H groups in total. The molecule has 1 aliphatic heterocycles. The largest absolute Gasteiger partial charge is 0.508 e. The Balaban J connectivity index is 0.000000286. The van der Waals surface area contributed by atoms with E-state index in [2.05, 4.69) is 16.8 Å². The van der Waals surface area contributed by atoms with Crippen molar-refractivity contribution in [1.82, 2.24) is 4.90 Å². The first kappa shape index (κ1) is 15.8. The summed E-state index contributed by atoms with van der Waals surface area (Å²) >= 11 is 0. The summed E-state index contributed by atoms with van der Waals surface area (Å²) in [4.78, 5) is 22.9. The summed E-state index contributed by atoms with van der Waals surface area (Å²) in [6.45, 7) is 4.37. The van der Waals surface area contributed by atoms with Crippen LogP contribution in [0.25, 0.3) is 0 Å². The van der Waals surface area contributed by atoms with Gasteiger partial charge in [-0.05, 0) is 31.3 Å². The first-order chi connectivity index (χ1) is 9.40. The number of likely N-dealkylation sites (N-methyl/N-ethyl adjacent to an activating group) is 1. The van der Waals surface area contributed by atoms with Crippen LogP contribution in [0.2, 0.25) is 0 Å². The second kappa shape index (κ2) is 7.34. The number of rotatable bonds is 1. The van der Waals surface area contributed by atoms with Gasteiger partial charge < -0.3 is 25.1 Å². The van der Waals surface area contributed by atoms with E-state index in [1.807, 2.05) is 12.1 Å². The Bertz CT molecular complexity index is 440. The van der Waals surface area contributed by atoms with Crippen LogP contribution >= 0.6 is 0 Å². The summed E-state index contributed by atoms with van der Waals surface area (Å²) < 4.78 is 0. The van der Waals surface area contributed by atoms with Gasteiger partial charge in [0, 0.05) is 31.9 Å². The average Bonchev–Trinajstić information content (AvgIpc) is 2.41. The number of carboxylic acids is 2. The van der Waals surface area contributed by atoms with Crippen molar-refractivity contribution in [3.63, 3.8) is 0 Å². The fourth-order valence-corrected chi connectivity index (χ4v) is 1.73. The van der Waals surface area contributed by atoms with Crippen molar-refractivity contribution in [1.29, 1.82) is 0 Å². The standard InChI is InChI=1S/C11H16N2O.C2H2O4/c1-12-6-8-13(9-7-12)10-2-4-11(14)5-3-10;3-1(4)2(5)6/h2-5,14H,6-9H2,1H3;(H,3,4)(H,5,6). The lowest BCUT2D eigenvalue weighted by Gasteiger charge is -2.34. The van der Waals surface area contributed by atoms with Crippen LogP contribution < -0.4 is 4.90 Å². The van der Waals surface area contributed by atoms with Gasteiger partial charge in [0.15, 0.2) is 0 Å². The molecule has 0 aromatic heterocycles. The zero-order valence-corrected chi connectivity index (χ0v) is 11.2. The molecule has 1 fully saturated rings. The van der Waals surface area contributed by atoms with E-state index in [1.165, 1.54) is 5.69 Å². The molecule has 20 heavy (non-hydrogen) atoms. The number of piperazine rings is 1. The van der Waals surface area contributed by atoms with Crippen LogP contribution in [-0.2, 0) is 9.59 Å². The molecule has 110 valence electrons. The zero-order valence-electron chi connectivity index (χ0n) is 11.2. The van der Waals surface area contributed by atoms with Crippen LogP contribution in [0.4, 0.5) is 5.69 Å². The Morgan fingerprint density at radius 2 is 1.40 bits per heavy atom. The number of hydrogen-bond donors (Lipinski definition) is 3. The van der Waals surface area contributed by atoms with E-state index in [0.29, 0.717) is 5.75 Å². The quantitative estimate of drug-likeness (QED) is 0.637. The van der Waals surface area contributed by atoms with Crippen molar-refractivity contribution in [2.24, 2.45) is 0 Å². The number of benzene rings is 1. The maximum atomic E-state index is 9.17. The highest BCUT2D eigenvalue weighted by atomic mass is 16.4. The molecule has 7 nitrogen and oxygen atoms in total. The molecule has 1 aromatic rings. The summed E-state index contributed by atoms with van der Waals surface area (Å²) in [5.41, 5.74) is 1.20. The molecule has 1 saturated heterocycles. The molecule has 0 radical (unpaired) electrons. The normalized spacial score (nSPS) is 15.2. The molecule has 0 unspecified atom stereocenters. The van der Waals surface area contributed by atoms with Gasteiger partial charge in [0.25, 0.3) is 0 Å². The van der Waals surface area contributed by atoms with E-state index >= 15 is 0 Å². The minimum Gasteiger partial charge on any atom is -0.508 e. The van der Waals surface area contributed by atoms with Crippen LogP contribution in [0.3, 0.4) is 0 Å². The number of phenolic OH excluding ortho intramolecular Hbond substituents is 1. The van der Waals surface area contributed by atoms with Crippen molar-refractivity contribution in [2.45, 2.75) is 0 Å². The fourth-order valence-electron chi connectivity index (χ4n) is 1.73. The van der Waals surface area contributed by atoms with E-state index < -0.39 is 11.9 Å². The van der Waals surface area contributed by atoms with E-state index in [1.54, 1.807) is 12.1 Å². The molecule has 0 bridgehead atoms. The summed E-state index contributed by atoms with van der Waals surface area (Å²) in [7, 11) is 2.15. The third-order valence-corrected chi connectivity index (χ3v) is 2.90. The molecule has 0 aliphatic carbocycles. The Kier molecular flexibility index (Phi) is 5.79. The van der Waals surface area contributed by atoms with Gasteiger partial charge in [-0.15, -0.1) is 0 Å². The molecule has 7 heteroatoms. The summed E-state index contributed by atoms with van der Waals surface area (Å²) in [5.74, 6) is -3.31. The van der Waals surface area contributed by atoms with Gasteiger partial charge in [0.1, 0.15) is 5.75 Å². The molecule has 1 heterocycles. The zero-order chi connectivity index (χ0) is 15.1. The highest BCUT2D eigenvalue weighted by molar-refractivity contribution is 6.27. The number of carbonyl (C=O) groups is 2. The second-order valence-corrected chi connectivity index (χ2v) is 4.42. The Morgan fingerprint density at radius 1 is 0.950 bits per heavy atom. The third-order valence-electron chi connectivity index (χ3n) is 2.90. The lowest BCUT2D eigenvalue weighted by Crippen LogP contribution is -2.44. The number of carboxylic acid groups (broad SMARTS) is 2. The second-order valence-electron chi connectivity index (χ2n) is 4.42. The molecule has 0 spiro atoms. The maximum absolute atomic E-state index is 9.17. The summed E-state index contributed by atoms with van der Waals surface area (Å²) in [5, 5.41) is 24.0. The first-order valence-corrected chi connectivity index (χ1v) is 6.09. The number of phenols is 1. The fraction of sp³-hybridized carbons (Fsp3) is 0.385. The Labute approximate surface area is 116 Å². The van der Waals surface area contributed by atoms with Gasteiger partial charge in [0.05, 0.1) is 0 Å². The smallest absolute Gasteiger partial charge is 0.414 e. The molecule has 0 atom stereocenters. The molecule has 0 amide bonds. The van der Waals surface area contributed by atoms with Gasteiger partial charge in [-0.3, -0.25) is 0 Å². The van der Waals surface area contributed by atoms with Crippen LogP contribution in [0.15, 0.2) is 24.3 Å². The monoisotopic (exact) mass is 282 g/mol. The van der Waals surface area contributed by atoms with Crippen molar-refractivity contribution >= 4 is 17.6 Å². The number of aliphatic carboxylic acids is 2. The van der Waals surface area contributed by atoms with Crippen molar-refractivity contribution in [2.75, 3.05) is 38.1 Å². The topological polar surface area (TPSA) is 101 Å². The molecule has 0 saturated carbocycles. The van der Waals surface area contributed by atoms with E-state index in [4.69, 9.17) is 19.8 Å². The van der Waals surface area contributed by atoms with Gasteiger partial charge in [-0.2, -0.15) is 0 Å². The van der Waals surface area contributed by atoms with Crippen molar-refractivity contribution in [3.8, 4) is 5.75 Å². The summed E-state index contributed by atoms with van der Waals surface area (Å²) in [6.07, 6.45) is 0. The SMILES string of the molecule is CN1CCN(c2ccc(O)cc2)CC1.O=C(O)C(=O)O. The van der Waals surface area contributed by atoms with Crippen molar-refractivity contribution < 1.29 is 24.9 Å². The van der Waals surface area contributed by atoms with Crippen LogP contribution in [0.1, 0.15) is 0 Å². The molecular formula is C13H18N2O5. The van der Waals surface area contributed by atoms with Gasteiger partial charge in [-0.25, -0.2) is 9.59 Å². The lowest BCUT2D eigenvalue weighted by molar-refractivity contribution is -0.159. The first-order valence-electron chi connectivity index (χ1n) is 6.09. The number of nitrogens with zero attached hydrogens (tertiary/aromatic N) is 2. The van der Waals surface area contributed by atoms with E-state index in [0.717, 1.165) is 26.2 Å². The van der Waals surface area contributed by atoms with Gasteiger partial charge >= 0.3 is 11.9 Å². The minimum atomic E-state index is -1.82. The van der Waals surface area contributed by atoms with Crippen LogP contribution in [-0.4, -0.2) is 65.4 Å². The van der Waals surface area contributed by atoms with Gasteiger partial charge in [0.2, 0.25) is 0 Å².